The summed E-state index contributed by atoms with van der Waals surface area (Å²) < 4.78 is 0. The van der Waals surface area contributed by atoms with E-state index in [-0.39, 0.29) is 11.1 Å². The third kappa shape index (κ3) is 10.1. The van der Waals surface area contributed by atoms with Gasteiger partial charge in [0.15, 0.2) is 0 Å². The van der Waals surface area contributed by atoms with Crippen LogP contribution in [-0.4, -0.2) is 27.9 Å². The third-order valence-corrected chi connectivity index (χ3v) is 10.8. The SMILES string of the molecule is CCCCCCc1ccc(N(c2ccc(C#Cc3ccc(C#CC4=Nc5cc(C(=O)O)c(C(=O)O)cc5C4(C)C)cc3)cc2)c2ccc(CCCCCC)cc2)cc1. The second kappa shape index (κ2) is 19.2. The van der Waals surface area contributed by atoms with E-state index >= 15 is 0 Å². The van der Waals surface area contributed by atoms with Crippen molar-refractivity contribution < 1.29 is 19.8 Å². The lowest BCUT2D eigenvalue weighted by Gasteiger charge is -2.26. The predicted octanol–water partition coefficient (Wildman–Crippen LogP) is 12.6. The molecule has 0 fully saturated rings. The van der Waals surface area contributed by atoms with Crippen LogP contribution in [0.1, 0.15) is 133 Å². The highest BCUT2D eigenvalue weighted by atomic mass is 16.4. The number of carboxylic acids is 2. The molecule has 58 heavy (non-hydrogen) atoms. The highest BCUT2D eigenvalue weighted by Crippen LogP contribution is 2.41. The number of carbonyl (C=O) groups is 2. The number of rotatable bonds is 15. The zero-order chi connectivity index (χ0) is 41.1. The minimum absolute atomic E-state index is 0.263. The Bertz CT molecular complexity index is 2330. The first-order valence-electron chi connectivity index (χ1n) is 20.5. The average Bonchev–Trinajstić information content (AvgIpc) is 3.48. The first-order chi connectivity index (χ1) is 28.1. The maximum atomic E-state index is 11.8. The summed E-state index contributed by atoms with van der Waals surface area (Å²) in [7, 11) is 0. The molecule has 5 aromatic carbocycles. The highest BCUT2D eigenvalue weighted by molar-refractivity contribution is 6.14. The van der Waals surface area contributed by atoms with Crippen LogP contribution >= 0.6 is 0 Å². The van der Waals surface area contributed by atoms with Gasteiger partial charge in [-0.3, -0.25) is 0 Å². The molecular formula is C52H52N2O4. The molecular weight excluding hydrogens is 717 g/mol. The molecule has 1 aliphatic rings. The molecule has 0 aliphatic carbocycles. The zero-order valence-electron chi connectivity index (χ0n) is 34.1. The summed E-state index contributed by atoms with van der Waals surface area (Å²) >= 11 is 0. The van der Waals surface area contributed by atoms with Gasteiger partial charge < -0.3 is 15.1 Å². The zero-order valence-corrected chi connectivity index (χ0v) is 34.1. The summed E-state index contributed by atoms with van der Waals surface area (Å²) in [5, 5.41) is 19.2. The Morgan fingerprint density at radius 2 is 0.948 bits per heavy atom. The fourth-order valence-electron chi connectivity index (χ4n) is 7.30. The van der Waals surface area contributed by atoms with E-state index in [0.29, 0.717) is 17.0 Å². The van der Waals surface area contributed by atoms with E-state index in [1.54, 1.807) is 0 Å². The van der Waals surface area contributed by atoms with Crippen molar-refractivity contribution in [1.29, 1.82) is 0 Å². The van der Waals surface area contributed by atoms with Gasteiger partial charge in [0.2, 0.25) is 0 Å². The second-order valence-corrected chi connectivity index (χ2v) is 15.5. The molecule has 2 N–H and O–H groups in total. The molecule has 5 aromatic rings. The van der Waals surface area contributed by atoms with Crippen molar-refractivity contribution in [1.82, 2.24) is 0 Å². The maximum absolute atomic E-state index is 11.8. The number of unbranched alkanes of at least 4 members (excludes halogenated alkanes) is 6. The number of aliphatic imine (C=N–C) groups is 1. The fourth-order valence-corrected chi connectivity index (χ4v) is 7.30. The Hall–Kier alpha value is -6.37. The molecule has 6 rings (SSSR count). The average molecular weight is 769 g/mol. The number of nitrogens with zero attached hydrogens (tertiary/aromatic N) is 2. The summed E-state index contributed by atoms with van der Waals surface area (Å²) in [5.41, 5.74) is 8.98. The van der Waals surface area contributed by atoms with Crippen LogP contribution in [0.15, 0.2) is 114 Å². The van der Waals surface area contributed by atoms with Crippen molar-refractivity contribution in [2.45, 2.75) is 97.3 Å². The van der Waals surface area contributed by atoms with Crippen LogP contribution in [0.2, 0.25) is 0 Å². The number of anilines is 3. The van der Waals surface area contributed by atoms with E-state index in [4.69, 9.17) is 0 Å². The summed E-state index contributed by atoms with van der Waals surface area (Å²) in [6, 6.07) is 36.9. The van der Waals surface area contributed by atoms with Crippen LogP contribution in [0.4, 0.5) is 22.7 Å². The quantitative estimate of drug-likeness (QED) is 0.0817. The summed E-state index contributed by atoms with van der Waals surface area (Å²) in [6.07, 6.45) is 12.3. The minimum Gasteiger partial charge on any atom is -0.478 e. The monoisotopic (exact) mass is 768 g/mol. The van der Waals surface area contributed by atoms with Crippen molar-refractivity contribution in [3.63, 3.8) is 0 Å². The topological polar surface area (TPSA) is 90.2 Å². The number of hydrogen-bond donors (Lipinski definition) is 2. The molecule has 0 radical (unpaired) electrons. The van der Waals surface area contributed by atoms with Gasteiger partial charge in [0.1, 0.15) is 5.71 Å². The van der Waals surface area contributed by atoms with Gasteiger partial charge in [-0.1, -0.05) is 94.4 Å². The third-order valence-electron chi connectivity index (χ3n) is 10.8. The van der Waals surface area contributed by atoms with Crippen LogP contribution in [0.25, 0.3) is 0 Å². The number of aryl methyl sites for hydroxylation is 2. The maximum Gasteiger partial charge on any atom is 0.336 e. The molecule has 0 saturated carbocycles. The lowest BCUT2D eigenvalue weighted by atomic mass is 9.80. The second-order valence-electron chi connectivity index (χ2n) is 15.5. The fraction of sp³-hybridized carbons (Fsp3) is 0.288. The molecule has 1 aliphatic heterocycles. The molecule has 0 saturated heterocycles. The summed E-state index contributed by atoms with van der Waals surface area (Å²) in [5.74, 6) is 10.3. The van der Waals surface area contributed by atoms with Gasteiger partial charge in [-0.15, -0.1) is 0 Å². The molecule has 6 heteroatoms. The number of aromatic carboxylic acids is 2. The van der Waals surface area contributed by atoms with Crippen LogP contribution in [0, 0.1) is 23.7 Å². The van der Waals surface area contributed by atoms with Crippen LogP contribution in [0.3, 0.4) is 0 Å². The Labute approximate surface area is 343 Å². The number of hydrogen-bond acceptors (Lipinski definition) is 4. The first kappa shape index (κ1) is 41.3. The van der Waals surface area contributed by atoms with Gasteiger partial charge in [0.25, 0.3) is 0 Å². The summed E-state index contributed by atoms with van der Waals surface area (Å²) in [6.45, 7) is 8.31. The van der Waals surface area contributed by atoms with Gasteiger partial charge in [-0.25, -0.2) is 14.6 Å². The minimum atomic E-state index is -1.31. The van der Waals surface area contributed by atoms with Gasteiger partial charge in [-0.2, -0.15) is 0 Å². The van der Waals surface area contributed by atoms with E-state index in [2.05, 4.69) is 120 Å². The normalized spacial score (nSPS) is 12.4. The Balaban J connectivity index is 1.17. The smallest absolute Gasteiger partial charge is 0.336 e. The Morgan fingerprint density at radius 1 is 0.552 bits per heavy atom. The molecule has 1 heterocycles. The number of benzene rings is 5. The van der Waals surface area contributed by atoms with E-state index < -0.39 is 17.4 Å². The number of fused-ring (bicyclic) bond motifs is 1. The molecule has 6 nitrogen and oxygen atoms in total. The van der Waals surface area contributed by atoms with Gasteiger partial charge >= 0.3 is 11.9 Å². The van der Waals surface area contributed by atoms with Crippen LogP contribution < -0.4 is 4.90 Å². The lowest BCUT2D eigenvalue weighted by Crippen LogP contribution is -2.24. The standard InChI is InChI=1S/C52H52N2O4/c1-5-7-9-11-13-37-21-28-42(29-22-37)54(43-30-23-38(24-31-43)14-12-10-8-6-2)44-32-25-41(26-33-44)20-17-39-15-18-40(19-16-39)27-34-49-52(3,4)47-35-45(50(55)56)46(51(57)58)36-48(47)53-49/h15-16,18-19,21-26,28-33,35-36H,5-14H2,1-4H3,(H,55,56)(H,57,58). The number of carboxylic acid groups (broad SMARTS) is 2. The van der Waals surface area contributed by atoms with E-state index in [9.17, 15) is 19.8 Å². The largest absolute Gasteiger partial charge is 0.478 e. The van der Waals surface area contributed by atoms with Crippen molar-refractivity contribution in [3.8, 4) is 23.7 Å². The highest BCUT2D eigenvalue weighted by Gasteiger charge is 2.36. The summed E-state index contributed by atoms with van der Waals surface area (Å²) in [4.78, 5) is 30.4. The molecule has 0 aromatic heterocycles. The predicted molar refractivity (Wildman–Crippen MR) is 237 cm³/mol. The molecule has 0 unspecified atom stereocenters. The van der Waals surface area contributed by atoms with Gasteiger partial charge in [-0.05, 0) is 147 Å². The van der Waals surface area contributed by atoms with Crippen molar-refractivity contribution in [2.24, 2.45) is 4.99 Å². The first-order valence-corrected chi connectivity index (χ1v) is 20.5. The van der Waals surface area contributed by atoms with E-state index in [1.807, 2.05) is 38.1 Å². The molecule has 0 amide bonds. The molecule has 0 bridgehead atoms. The molecule has 294 valence electrons. The van der Waals surface area contributed by atoms with Crippen molar-refractivity contribution in [3.05, 3.63) is 154 Å². The molecule has 0 atom stereocenters. The van der Waals surface area contributed by atoms with Crippen molar-refractivity contribution >= 4 is 40.4 Å². The van der Waals surface area contributed by atoms with Crippen molar-refractivity contribution in [2.75, 3.05) is 4.90 Å². The van der Waals surface area contributed by atoms with Crippen LogP contribution in [-0.2, 0) is 18.3 Å². The van der Waals surface area contributed by atoms with E-state index in [0.717, 1.165) is 46.6 Å². The van der Waals surface area contributed by atoms with Crippen LogP contribution in [0.5, 0.6) is 0 Å². The lowest BCUT2D eigenvalue weighted by molar-refractivity contribution is 0.0651. The van der Waals surface area contributed by atoms with Gasteiger partial charge in [0.05, 0.1) is 16.8 Å². The van der Waals surface area contributed by atoms with Gasteiger partial charge in [0, 0.05) is 39.2 Å². The molecule has 0 spiro atoms. The Kier molecular flexibility index (Phi) is 13.6. The Morgan fingerprint density at radius 3 is 1.38 bits per heavy atom. The van der Waals surface area contributed by atoms with E-state index in [1.165, 1.54) is 74.6 Å².